The summed E-state index contributed by atoms with van der Waals surface area (Å²) in [5.41, 5.74) is 10.3. The number of ether oxygens (including phenoxy) is 13. The van der Waals surface area contributed by atoms with E-state index in [2.05, 4.69) is 52.6 Å². The summed E-state index contributed by atoms with van der Waals surface area (Å²) in [6.07, 6.45) is 9.28. The van der Waals surface area contributed by atoms with Gasteiger partial charge in [-0.15, -0.1) is 0 Å². The first-order chi connectivity index (χ1) is 66.4. The van der Waals surface area contributed by atoms with Crippen LogP contribution in [0.15, 0.2) is 84.4 Å². The van der Waals surface area contributed by atoms with Crippen molar-refractivity contribution >= 4 is 70.5 Å². The highest BCUT2D eigenvalue weighted by molar-refractivity contribution is 6.01. The fourth-order valence-corrected chi connectivity index (χ4v) is 16.6. The number of H-pyrrole nitrogens is 1. The lowest BCUT2D eigenvalue weighted by Gasteiger charge is -2.45. The summed E-state index contributed by atoms with van der Waals surface area (Å²) in [5, 5.41) is 41.5. The van der Waals surface area contributed by atoms with Crippen LogP contribution in [0.25, 0.3) is 22.5 Å². The molecule has 3 aromatic carbocycles. The Balaban J connectivity index is 0.583. The molecule has 138 heavy (non-hydrogen) atoms. The van der Waals surface area contributed by atoms with E-state index in [1.165, 1.54) is 11.8 Å². The van der Waals surface area contributed by atoms with Crippen molar-refractivity contribution in [2.75, 3.05) is 229 Å². The first-order valence-electron chi connectivity index (χ1n) is 49.0. The number of nitrogens with zero attached hydrogens (tertiary/aromatic N) is 5. The van der Waals surface area contributed by atoms with Gasteiger partial charge in [0.1, 0.15) is 29.5 Å². The van der Waals surface area contributed by atoms with E-state index in [-0.39, 0.29) is 84.8 Å². The number of aromatic amines is 1. The second-order valence-electron chi connectivity index (χ2n) is 37.3. The number of fused-ring (bicyclic) bond motifs is 5. The van der Waals surface area contributed by atoms with Crippen LogP contribution >= 0.6 is 0 Å². The second kappa shape index (κ2) is 63.4. The molecule has 38 heteroatoms. The molecule has 11 N–H and O–H groups in total. The first kappa shape index (κ1) is 116. The minimum atomic E-state index is -1.09. The number of carboxylic acids is 1. The third-order valence-electron chi connectivity index (χ3n) is 24.8. The number of benzene rings is 3. The number of amides is 9. The zero-order chi connectivity index (χ0) is 100. The van der Waals surface area contributed by atoms with Crippen LogP contribution in [-0.2, 0) is 121 Å². The summed E-state index contributed by atoms with van der Waals surface area (Å²) in [5.74, 6) is -4.62. The summed E-state index contributed by atoms with van der Waals surface area (Å²) in [4.78, 5) is 140. The third kappa shape index (κ3) is 40.7. The number of para-hydroxylation sites is 1. The number of hydrogen-bond acceptors (Lipinski definition) is 27. The van der Waals surface area contributed by atoms with Crippen molar-refractivity contribution in [3.63, 3.8) is 0 Å². The molecule has 0 radical (unpaired) electrons. The Hall–Kier alpha value is -9.36. The number of aliphatic carboxylic acids is 1. The van der Waals surface area contributed by atoms with Crippen LogP contribution in [-0.4, -0.2) is 338 Å². The zero-order valence-corrected chi connectivity index (χ0v) is 83.6. The largest absolute Gasteiger partial charge is 0.478 e. The molecule has 1 aromatic heterocycles. The molecule has 1 spiro atoms. The molecule has 2 fully saturated rings. The number of likely N-dealkylation sites (tertiary alicyclic amines) is 1. The van der Waals surface area contributed by atoms with Crippen molar-refractivity contribution in [3.05, 3.63) is 95.6 Å². The van der Waals surface area contributed by atoms with E-state index in [9.17, 15) is 53.1 Å². The Morgan fingerprint density at radius 3 is 1.56 bits per heavy atom. The van der Waals surface area contributed by atoms with Crippen LogP contribution in [0.5, 0.6) is 0 Å². The maximum atomic E-state index is 14.3. The molecular weight excluding hydrogens is 1780 g/mol. The molecule has 1 saturated carbocycles. The molecule has 1 aliphatic carbocycles. The molecule has 772 valence electrons. The number of nitrogens with two attached hydrogens (primary N) is 1. The van der Waals surface area contributed by atoms with Crippen LogP contribution < -0.4 is 47.9 Å². The first-order valence-corrected chi connectivity index (χ1v) is 49.0. The van der Waals surface area contributed by atoms with Crippen molar-refractivity contribution in [2.24, 2.45) is 34.3 Å². The second-order valence-corrected chi connectivity index (χ2v) is 37.3. The van der Waals surface area contributed by atoms with Gasteiger partial charge in [0.2, 0.25) is 53.2 Å². The maximum absolute atomic E-state index is 14.3. The van der Waals surface area contributed by atoms with Gasteiger partial charge in [-0.2, -0.15) is 15.4 Å². The van der Waals surface area contributed by atoms with Crippen molar-refractivity contribution in [3.8, 4) is 22.5 Å². The number of carboxylic acid groups (broad SMARTS) is 1. The molecule has 3 heterocycles. The summed E-state index contributed by atoms with van der Waals surface area (Å²) in [6.45, 7) is 30.5. The van der Waals surface area contributed by atoms with Crippen molar-refractivity contribution in [2.45, 2.75) is 195 Å². The number of rotatable bonds is 69. The van der Waals surface area contributed by atoms with Gasteiger partial charge < -0.3 is 124 Å². The normalized spacial score (nSPS) is 15.1. The SMILES string of the molecule is CNC(C(=O)NC(C(=O)N(C)C(/C=C(\C)C(=O)O)C(C)C)C(C)(C)C)C(C)(C)c1cccc(NC(=O)CNC(=O)C(CCCCN)NC(=O)C(NC(=O)CCOCCCOCCOCCOCCOCCOCCOCCOCCOCCOCCOCCOCCOCCC(=O)N2CCC3(CCC(C(=O)NCCC(=O)N4Cc5ccccc5-c5n[nH]nc5-c5ccccc54)CC3)CC2)C(C)C)c1. The Bertz CT molecular complexity index is 4340. The topological polar surface area (TPSA) is 472 Å². The number of piperidine rings is 1. The maximum Gasteiger partial charge on any atom is 0.331 e. The zero-order valence-electron chi connectivity index (χ0n) is 83.6. The van der Waals surface area contributed by atoms with E-state index < -0.39 is 83.1 Å². The van der Waals surface area contributed by atoms with Gasteiger partial charge in [-0.1, -0.05) is 123 Å². The van der Waals surface area contributed by atoms with Crippen molar-refractivity contribution in [1.82, 2.24) is 57.1 Å². The lowest BCUT2D eigenvalue weighted by molar-refractivity contribution is -0.141. The molecule has 38 nitrogen and oxygen atoms in total. The highest BCUT2D eigenvalue weighted by Crippen LogP contribution is 2.47. The Labute approximate surface area is 814 Å². The average molecular weight is 1940 g/mol. The molecule has 4 aromatic rings. The van der Waals surface area contributed by atoms with E-state index in [0.29, 0.717) is 234 Å². The minimum Gasteiger partial charge on any atom is -0.478 e. The predicted molar refractivity (Wildman–Crippen MR) is 521 cm³/mol. The number of carbonyl (C=O) groups is 10. The number of likely N-dealkylation sites (N-methyl/N-ethyl adjacent to an activating group) is 2. The quantitative estimate of drug-likeness (QED) is 0.0156. The van der Waals surface area contributed by atoms with Gasteiger partial charge in [0.25, 0.3) is 0 Å². The number of nitrogens with one attached hydrogen (secondary N) is 8. The lowest BCUT2D eigenvalue weighted by Crippen LogP contribution is -2.61. The number of hydrogen-bond donors (Lipinski definition) is 10. The average Bonchev–Trinajstić information content (AvgIpc) is 1.42. The van der Waals surface area contributed by atoms with Crippen LogP contribution in [0, 0.1) is 28.6 Å². The predicted octanol–water partition coefficient (Wildman–Crippen LogP) is 7.10. The number of anilines is 2. The number of aromatic nitrogens is 3. The van der Waals surface area contributed by atoms with Gasteiger partial charge in [-0.25, -0.2) is 4.79 Å². The summed E-state index contributed by atoms with van der Waals surface area (Å²) in [7, 11) is 3.24. The highest BCUT2D eigenvalue weighted by atomic mass is 16.6. The van der Waals surface area contributed by atoms with Gasteiger partial charge in [0, 0.05) is 86.5 Å². The smallest absolute Gasteiger partial charge is 0.331 e. The number of carbonyl (C=O) groups excluding carboxylic acids is 9. The Kier molecular flexibility index (Phi) is 53.1. The van der Waals surface area contributed by atoms with Gasteiger partial charge in [-0.3, -0.25) is 43.2 Å². The van der Waals surface area contributed by atoms with E-state index in [0.717, 1.165) is 66.6 Å². The number of unbranched alkanes of at least 4 members (excludes halogenated alkanes) is 1. The lowest BCUT2D eigenvalue weighted by atomic mass is 9.65. The highest BCUT2D eigenvalue weighted by Gasteiger charge is 2.44. The molecule has 7 rings (SSSR count). The van der Waals surface area contributed by atoms with E-state index in [4.69, 9.17) is 67.3 Å². The fraction of sp³-hybridized carbons (Fsp3) is 0.680. The monoisotopic (exact) mass is 1940 g/mol. The van der Waals surface area contributed by atoms with Gasteiger partial charge in [-0.05, 0) is 137 Å². The van der Waals surface area contributed by atoms with Gasteiger partial charge in [0.05, 0.1) is 196 Å². The Morgan fingerprint density at radius 1 is 0.543 bits per heavy atom. The molecule has 5 atom stereocenters. The molecule has 1 saturated heterocycles. The summed E-state index contributed by atoms with van der Waals surface area (Å²) >= 11 is 0. The summed E-state index contributed by atoms with van der Waals surface area (Å²) < 4.78 is 72.9. The van der Waals surface area contributed by atoms with Crippen LogP contribution in [0.1, 0.15) is 164 Å². The van der Waals surface area contributed by atoms with Crippen molar-refractivity contribution in [1.29, 1.82) is 0 Å². The fourth-order valence-electron chi connectivity index (χ4n) is 16.6. The van der Waals surface area contributed by atoms with Crippen molar-refractivity contribution < 1.29 is 115 Å². The van der Waals surface area contributed by atoms with Crippen LogP contribution in [0.3, 0.4) is 0 Å². The van der Waals surface area contributed by atoms with E-state index in [1.54, 1.807) is 57.1 Å². The molecular formula is C100H158N14O24. The van der Waals surface area contributed by atoms with Gasteiger partial charge >= 0.3 is 5.97 Å². The summed E-state index contributed by atoms with van der Waals surface area (Å²) in [6, 6.07) is 18.1. The minimum absolute atomic E-state index is 0.00591. The van der Waals surface area contributed by atoms with Gasteiger partial charge in [0.15, 0.2) is 0 Å². The molecule has 0 bridgehead atoms. The third-order valence-corrected chi connectivity index (χ3v) is 24.8. The molecule has 9 amide bonds. The Morgan fingerprint density at radius 2 is 1.04 bits per heavy atom. The standard InChI is InChI=1S/C100H158N14O24/c1-71(2)82(67-73(5)97(124)125)112(12)96(123)91(98(6,7)8)108-95(122)90(102-11)99(9,10)76-22-19-23-77(68-76)105-84(116)69-104-93(120)80(26-17-18-37-101)106-94(121)87(72(3)4)107-83(115)31-43-126-41-20-42-127-45-47-129-49-51-131-53-55-133-57-59-135-61-63-137-65-66-138-64-62-136-60-58-134-56-54-132-52-50-130-48-46-128-44-32-85(117)113-39-35-100(36-40-113)33-28-74(29-34-100)92(119)103-38-30-86(118)114-70-75-21-13-14-24-78(75)88-89(110-111-109-88)79-25-15-16-27-81(79)114/h13-16,19,21-25,27,67-68,71-72,74,80,82,87,90-91,102H,17-18,20,26,28-66,69-70,101H2,1-12H3,(H,103,119)(H,104,120)(H,105,116)(H,106,121)(H,107,115)(H,108,122)(H,124,125)(H,109,110,111)/b73-67+. The van der Waals surface area contributed by atoms with E-state index in [1.807, 2.05) is 108 Å². The van der Waals surface area contributed by atoms with Crippen LogP contribution in [0.4, 0.5) is 11.4 Å². The van der Waals surface area contributed by atoms with Crippen LogP contribution in [0.2, 0.25) is 0 Å². The molecule has 5 unspecified atom stereocenters. The molecule has 3 aliphatic rings. The molecule has 2 aliphatic heterocycles. The van der Waals surface area contributed by atoms with E-state index >= 15 is 0 Å².